The first-order valence-corrected chi connectivity index (χ1v) is 5.42. The first kappa shape index (κ1) is 13.0. The van der Waals surface area contributed by atoms with Gasteiger partial charge in [-0.2, -0.15) is 0 Å². The van der Waals surface area contributed by atoms with E-state index in [0.717, 1.165) is 11.3 Å². The second kappa shape index (κ2) is 7.22. The van der Waals surface area contributed by atoms with Crippen LogP contribution >= 0.6 is 0 Å². The number of ether oxygens (including phenoxy) is 1. The fraction of sp³-hybridized carbons (Fsp3) is 0.500. The van der Waals surface area contributed by atoms with Crippen molar-refractivity contribution in [2.45, 2.75) is 13.0 Å². The molecule has 90 valence electrons. The molecule has 0 saturated carbocycles. The van der Waals surface area contributed by atoms with Crippen molar-refractivity contribution in [2.24, 2.45) is 0 Å². The Morgan fingerprint density at radius 3 is 2.81 bits per heavy atom. The van der Waals surface area contributed by atoms with Crippen LogP contribution in [0, 0.1) is 6.92 Å². The molecule has 0 heterocycles. The summed E-state index contributed by atoms with van der Waals surface area (Å²) in [6.45, 7) is 3.20. The van der Waals surface area contributed by atoms with Crippen molar-refractivity contribution >= 4 is 0 Å². The van der Waals surface area contributed by atoms with Gasteiger partial charge in [-0.15, -0.1) is 0 Å². The number of hydrogen-bond acceptors (Lipinski definition) is 4. The Morgan fingerprint density at radius 2 is 2.12 bits per heavy atom. The van der Waals surface area contributed by atoms with Crippen LogP contribution in [-0.4, -0.2) is 42.6 Å². The highest BCUT2D eigenvalue weighted by atomic mass is 16.5. The number of hydrogen-bond donors (Lipinski definition) is 3. The summed E-state index contributed by atoms with van der Waals surface area (Å²) >= 11 is 0. The van der Waals surface area contributed by atoms with Gasteiger partial charge in [-0.05, 0) is 18.6 Å². The number of aliphatic hydroxyl groups is 2. The van der Waals surface area contributed by atoms with Gasteiger partial charge < -0.3 is 20.3 Å². The SMILES string of the molecule is Cc1ccccc1OC[C@@H](O)CNCCO. The predicted octanol–water partition coefficient (Wildman–Crippen LogP) is 0.317. The maximum atomic E-state index is 9.56. The second-order valence-corrected chi connectivity index (χ2v) is 3.66. The Hall–Kier alpha value is -1.10. The lowest BCUT2D eigenvalue weighted by Gasteiger charge is -2.14. The van der Waals surface area contributed by atoms with Crippen molar-refractivity contribution < 1.29 is 14.9 Å². The van der Waals surface area contributed by atoms with Crippen molar-refractivity contribution in [2.75, 3.05) is 26.3 Å². The van der Waals surface area contributed by atoms with Crippen LogP contribution in [0.15, 0.2) is 24.3 Å². The minimum Gasteiger partial charge on any atom is -0.491 e. The zero-order chi connectivity index (χ0) is 11.8. The van der Waals surface area contributed by atoms with E-state index in [2.05, 4.69) is 5.32 Å². The number of benzene rings is 1. The smallest absolute Gasteiger partial charge is 0.122 e. The summed E-state index contributed by atoms with van der Waals surface area (Å²) in [5.74, 6) is 0.795. The Labute approximate surface area is 95.9 Å². The average Bonchev–Trinajstić information content (AvgIpc) is 2.28. The van der Waals surface area contributed by atoms with Crippen molar-refractivity contribution in [3.63, 3.8) is 0 Å². The Kier molecular flexibility index (Phi) is 5.85. The van der Waals surface area contributed by atoms with Crippen LogP contribution in [0.25, 0.3) is 0 Å². The van der Waals surface area contributed by atoms with Crippen molar-refractivity contribution in [1.82, 2.24) is 5.32 Å². The van der Waals surface area contributed by atoms with E-state index in [4.69, 9.17) is 9.84 Å². The minimum absolute atomic E-state index is 0.0748. The first-order chi connectivity index (χ1) is 7.74. The topological polar surface area (TPSA) is 61.7 Å². The second-order valence-electron chi connectivity index (χ2n) is 3.66. The molecule has 1 rings (SSSR count). The van der Waals surface area contributed by atoms with Crippen LogP contribution < -0.4 is 10.1 Å². The van der Waals surface area contributed by atoms with Gasteiger partial charge in [-0.1, -0.05) is 18.2 Å². The van der Waals surface area contributed by atoms with Crippen molar-refractivity contribution in [1.29, 1.82) is 0 Å². The molecule has 0 aliphatic rings. The molecule has 1 atom stereocenters. The molecule has 0 spiro atoms. The predicted molar refractivity (Wildman–Crippen MR) is 62.6 cm³/mol. The number of aryl methyl sites for hydroxylation is 1. The fourth-order valence-electron chi connectivity index (χ4n) is 1.31. The van der Waals surface area contributed by atoms with Gasteiger partial charge >= 0.3 is 0 Å². The van der Waals surface area contributed by atoms with Crippen LogP contribution in [0.4, 0.5) is 0 Å². The van der Waals surface area contributed by atoms with E-state index < -0.39 is 6.10 Å². The number of para-hydroxylation sites is 1. The molecule has 4 nitrogen and oxygen atoms in total. The molecule has 0 amide bonds. The molecule has 0 fully saturated rings. The van der Waals surface area contributed by atoms with Crippen LogP contribution in [0.2, 0.25) is 0 Å². The van der Waals surface area contributed by atoms with E-state index in [1.807, 2.05) is 31.2 Å². The third-order valence-electron chi connectivity index (χ3n) is 2.19. The molecular formula is C12H19NO3. The molecule has 0 radical (unpaired) electrons. The lowest BCUT2D eigenvalue weighted by Crippen LogP contribution is -2.32. The Balaban J connectivity index is 2.26. The molecule has 0 aromatic heterocycles. The zero-order valence-electron chi connectivity index (χ0n) is 9.52. The van der Waals surface area contributed by atoms with Gasteiger partial charge in [0.25, 0.3) is 0 Å². The van der Waals surface area contributed by atoms with E-state index in [1.54, 1.807) is 0 Å². The molecule has 0 bridgehead atoms. The maximum absolute atomic E-state index is 9.56. The molecule has 0 aliphatic heterocycles. The van der Waals surface area contributed by atoms with Gasteiger partial charge in [-0.25, -0.2) is 0 Å². The quantitative estimate of drug-likeness (QED) is 0.585. The normalized spacial score (nSPS) is 12.4. The van der Waals surface area contributed by atoms with Gasteiger partial charge in [0, 0.05) is 13.1 Å². The van der Waals surface area contributed by atoms with E-state index >= 15 is 0 Å². The Morgan fingerprint density at radius 1 is 1.38 bits per heavy atom. The summed E-state index contributed by atoms with van der Waals surface area (Å²) in [6.07, 6.45) is -0.564. The largest absolute Gasteiger partial charge is 0.491 e. The summed E-state index contributed by atoms with van der Waals surface area (Å²) in [5, 5.41) is 21.0. The zero-order valence-corrected chi connectivity index (χ0v) is 9.52. The average molecular weight is 225 g/mol. The summed E-state index contributed by atoms with van der Waals surface area (Å²) in [5.41, 5.74) is 1.05. The lowest BCUT2D eigenvalue weighted by atomic mass is 10.2. The summed E-state index contributed by atoms with van der Waals surface area (Å²) in [7, 11) is 0. The highest BCUT2D eigenvalue weighted by Crippen LogP contribution is 2.15. The molecule has 0 aliphatic carbocycles. The summed E-state index contributed by atoms with van der Waals surface area (Å²) in [4.78, 5) is 0. The summed E-state index contributed by atoms with van der Waals surface area (Å²) in [6, 6.07) is 7.69. The maximum Gasteiger partial charge on any atom is 0.122 e. The highest BCUT2D eigenvalue weighted by Gasteiger charge is 2.05. The van der Waals surface area contributed by atoms with Crippen LogP contribution in [0.5, 0.6) is 5.75 Å². The summed E-state index contributed by atoms with van der Waals surface area (Å²) < 4.78 is 5.48. The van der Waals surface area contributed by atoms with Gasteiger partial charge in [0.1, 0.15) is 18.5 Å². The Bertz CT molecular complexity index is 304. The van der Waals surface area contributed by atoms with E-state index in [0.29, 0.717) is 13.1 Å². The van der Waals surface area contributed by atoms with Crippen LogP contribution in [-0.2, 0) is 0 Å². The van der Waals surface area contributed by atoms with E-state index in [-0.39, 0.29) is 13.2 Å². The number of aliphatic hydroxyl groups excluding tert-OH is 2. The molecule has 1 aromatic carbocycles. The van der Waals surface area contributed by atoms with Crippen molar-refractivity contribution in [3.05, 3.63) is 29.8 Å². The molecule has 1 aromatic rings. The first-order valence-electron chi connectivity index (χ1n) is 5.42. The van der Waals surface area contributed by atoms with Crippen LogP contribution in [0.1, 0.15) is 5.56 Å². The van der Waals surface area contributed by atoms with Gasteiger partial charge in [-0.3, -0.25) is 0 Å². The third kappa shape index (κ3) is 4.61. The molecule has 4 heteroatoms. The van der Waals surface area contributed by atoms with E-state index in [9.17, 15) is 5.11 Å². The molecular weight excluding hydrogens is 206 g/mol. The highest BCUT2D eigenvalue weighted by molar-refractivity contribution is 5.31. The van der Waals surface area contributed by atoms with Crippen molar-refractivity contribution in [3.8, 4) is 5.75 Å². The third-order valence-corrected chi connectivity index (χ3v) is 2.19. The van der Waals surface area contributed by atoms with Gasteiger partial charge in [0.2, 0.25) is 0 Å². The van der Waals surface area contributed by atoms with Gasteiger partial charge in [0.05, 0.1) is 6.61 Å². The standard InChI is InChI=1S/C12H19NO3/c1-10-4-2-3-5-12(10)16-9-11(15)8-13-6-7-14/h2-5,11,13-15H,6-9H2,1H3/t11-/m0/s1. The molecule has 3 N–H and O–H groups in total. The number of nitrogens with one attached hydrogen (secondary N) is 1. The molecule has 0 saturated heterocycles. The monoisotopic (exact) mass is 225 g/mol. The molecule has 0 unspecified atom stereocenters. The number of rotatable bonds is 7. The van der Waals surface area contributed by atoms with Crippen LogP contribution in [0.3, 0.4) is 0 Å². The van der Waals surface area contributed by atoms with Gasteiger partial charge in [0.15, 0.2) is 0 Å². The molecule has 16 heavy (non-hydrogen) atoms. The lowest BCUT2D eigenvalue weighted by molar-refractivity contribution is 0.105. The van der Waals surface area contributed by atoms with E-state index in [1.165, 1.54) is 0 Å². The fourth-order valence-corrected chi connectivity index (χ4v) is 1.31. The minimum atomic E-state index is -0.564.